The highest BCUT2D eigenvalue weighted by atomic mass is 19.4. The van der Waals surface area contributed by atoms with E-state index < -0.39 is 11.7 Å². The number of nitrogens with one attached hydrogen (secondary N) is 1. The number of carbonyl (C=O) groups is 1. The van der Waals surface area contributed by atoms with Gasteiger partial charge in [-0.15, -0.1) is 0 Å². The maximum atomic E-state index is 12.4. The lowest BCUT2D eigenvalue weighted by Crippen LogP contribution is -2.27. The molecule has 0 unspecified atom stereocenters. The van der Waals surface area contributed by atoms with E-state index in [1.165, 1.54) is 12.1 Å². The van der Waals surface area contributed by atoms with Crippen molar-refractivity contribution in [3.8, 4) is 0 Å². The second-order valence-electron chi connectivity index (χ2n) is 4.70. The zero-order valence-corrected chi connectivity index (χ0v) is 11.4. The standard InChI is InChI=1S/C15H15F3N2O/c1-20-10-2-3-13(20)14(21)19-9-8-11-4-6-12(7-5-11)15(16,17)18/h2-7,10H,8-9H2,1H3,(H,19,21). The summed E-state index contributed by atoms with van der Waals surface area (Å²) in [6.45, 7) is 0.370. The molecule has 0 radical (unpaired) electrons. The van der Waals surface area contributed by atoms with E-state index in [-0.39, 0.29) is 5.91 Å². The number of hydrogen-bond acceptors (Lipinski definition) is 1. The Hall–Kier alpha value is -2.24. The lowest BCUT2D eigenvalue weighted by atomic mass is 10.1. The van der Waals surface area contributed by atoms with Crippen LogP contribution in [0.4, 0.5) is 13.2 Å². The number of hydrogen-bond donors (Lipinski definition) is 1. The van der Waals surface area contributed by atoms with E-state index >= 15 is 0 Å². The van der Waals surface area contributed by atoms with E-state index in [9.17, 15) is 18.0 Å². The maximum absolute atomic E-state index is 12.4. The highest BCUT2D eigenvalue weighted by Crippen LogP contribution is 2.29. The summed E-state index contributed by atoms with van der Waals surface area (Å²) in [6, 6.07) is 8.43. The van der Waals surface area contributed by atoms with Crippen LogP contribution in [0.25, 0.3) is 0 Å². The van der Waals surface area contributed by atoms with Gasteiger partial charge in [-0.05, 0) is 36.2 Å². The first-order chi connectivity index (χ1) is 9.88. The molecule has 0 aliphatic rings. The molecule has 1 aromatic heterocycles. The lowest BCUT2D eigenvalue weighted by Gasteiger charge is -2.08. The van der Waals surface area contributed by atoms with Crippen molar-refractivity contribution < 1.29 is 18.0 Å². The summed E-state index contributed by atoms with van der Waals surface area (Å²) in [5.41, 5.74) is 0.622. The summed E-state index contributed by atoms with van der Waals surface area (Å²) in [7, 11) is 1.77. The summed E-state index contributed by atoms with van der Waals surface area (Å²) in [4.78, 5) is 11.8. The van der Waals surface area contributed by atoms with E-state index in [4.69, 9.17) is 0 Å². The van der Waals surface area contributed by atoms with Crippen molar-refractivity contribution in [2.24, 2.45) is 7.05 Å². The molecule has 21 heavy (non-hydrogen) atoms. The van der Waals surface area contributed by atoms with Crippen LogP contribution in [0.3, 0.4) is 0 Å². The van der Waals surface area contributed by atoms with Crippen molar-refractivity contribution in [1.82, 2.24) is 9.88 Å². The molecule has 0 aliphatic heterocycles. The number of aryl methyl sites for hydroxylation is 1. The molecule has 1 N–H and O–H groups in total. The van der Waals surface area contributed by atoms with Crippen molar-refractivity contribution in [1.29, 1.82) is 0 Å². The highest BCUT2D eigenvalue weighted by molar-refractivity contribution is 5.92. The molecule has 0 bridgehead atoms. The number of amides is 1. The van der Waals surface area contributed by atoms with E-state index in [1.807, 2.05) is 0 Å². The first-order valence-electron chi connectivity index (χ1n) is 6.43. The quantitative estimate of drug-likeness (QED) is 0.924. The number of rotatable bonds is 4. The van der Waals surface area contributed by atoms with Gasteiger partial charge in [0.25, 0.3) is 5.91 Å². The van der Waals surface area contributed by atoms with Crippen molar-refractivity contribution in [3.05, 3.63) is 59.4 Å². The first-order valence-corrected chi connectivity index (χ1v) is 6.43. The summed E-state index contributed by atoms with van der Waals surface area (Å²) in [5.74, 6) is -0.200. The molecule has 1 amide bonds. The third-order valence-electron chi connectivity index (χ3n) is 3.16. The molecular weight excluding hydrogens is 281 g/mol. The van der Waals surface area contributed by atoms with Gasteiger partial charge in [-0.3, -0.25) is 4.79 Å². The fraction of sp³-hybridized carbons (Fsp3) is 0.267. The molecule has 1 aromatic carbocycles. The molecular formula is C15H15F3N2O. The van der Waals surface area contributed by atoms with E-state index in [1.54, 1.807) is 29.9 Å². The summed E-state index contributed by atoms with van der Waals surface area (Å²) < 4.78 is 38.9. The minimum atomic E-state index is -4.32. The Balaban J connectivity index is 1.87. The van der Waals surface area contributed by atoms with Crippen LogP contribution in [0, 0.1) is 0 Å². The highest BCUT2D eigenvalue weighted by Gasteiger charge is 2.29. The third-order valence-corrected chi connectivity index (χ3v) is 3.16. The van der Waals surface area contributed by atoms with Gasteiger partial charge in [0, 0.05) is 19.8 Å². The molecule has 2 aromatic rings. The Morgan fingerprint density at radius 3 is 2.38 bits per heavy atom. The largest absolute Gasteiger partial charge is 0.416 e. The molecule has 0 fully saturated rings. The van der Waals surface area contributed by atoms with Gasteiger partial charge in [0.05, 0.1) is 5.56 Å². The topological polar surface area (TPSA) is 34.0 Å². The van der Waals surface area contributed by atoms with Crippen LogP contribution in [0.15, 0.2) is 42.6 Å². The van der Waals surface area contributed by atoms with Gasteiger partial charge in [0.15, 0.2) is 0 Å². The molecule has 0 saturated heterocycles. The van der Waals surface area contributed by atoms with Crippen LogP contribution in [-0.4, -0.2) is 17.0 Å². The second-order valence-corrected chi connectivity index (χ2v) is 4.70. The molecule has 1 heterocycles. The summed E-state index contributed by atoms with van der Waals surface area (Å²) in [5, 5.41) is 2.74. The molecule has 112 valence electrons. The Morgan fingerprint density at radius 2 is 1.86 bits per heavy atom. The SMILES string of the molecule is Cn1cccc1C(=O)NCCc1ccc(C(F)(F)F)cc1. The number of aromatic nitrogens is 1. The maximum Gasteiger partial charge on any atom is 0.416 e. The van der Waals surface area contributed by atoms with Crippen LogP contribution < -0.4 is 5.32 Å². The molecule has 0 saturated carbocycles. The monoisotopic (exact) mass is 296 g/mol. The predicted molar refractivity (Wildman–Crippen MR) is 72.9 cm³/mol. The average molecular weight is 296 g/mol. The van der Waals surface area contributed by atoms with Crippen molar-refractivity contribution >= 4 is 5.91 Å². The van der Waals surface area contributed by atoms with Crippen LogP contribution in [-0.2, 0) is 19.6 Å². The Labute approximate surface area is 120 Å². The Bertz CT molecular complexity index is 615. The smallest absolute Gasteiger partial charge is 0.350 e. The van der Waals surface area contributed by atoms with Crippen LogP contribution >= 0.6 is 0 Å². The Morgan fingerprint density at radius 1 is 1.19 bits per heavy atom. The minimum Gasteiger partial charge on any atom is -0.350 e. The fourth-order valence-corrected chi connectivity index (χ4v) is 1.97. The van der Waals surface area contributed by atoms with E-state index in [0.29, 0.717) is 18.7 Å². The zero-order valence-electron chi connectivity index (χ0n) is 11.4. The van der Waals surface area contributed by atoms with E-state index in [2.05, 4.69) is 5.32 Å². The molecule has 0 aliphatic carbocycles. The van der Waals surface area contributed by atoms with Gasteiger partial charge >= 0.3 is 6.18 Å². The number of carbonyl (C=O) groups excluding carboxylic acids is 1. The van der Waals surface area contributed by atoms with Crippen LogP contribution in [0.2, 0.25) is 0 Å². The minimum absolute atomic E-state index is 0.200. The average Bonchev–Trinajstić information content (AvgIpc) is 2.84. The van der Waals surface area contributed by atoms with Crippen molar-refractivity contribution in [3.63, 3.8) is 0 Å². The predicted octanol–water partition coefficient (Wildman–Crippen LogP) is 3.02. The van der Waals surface area contributed by atoms with Gasteiger partial charge in [0.1, 0.15) is 5.69 Å². The van der Waals surface area contributed by atoms with Crippen molar-refractivity contribution in [2.45, 2.75) is 12.6 Å². The summed E-state index contributed by atoms with van der Waals surface area (Å²) >= 11 is 0. The number of nitrogens with zero attached hydrogens (tertiary/aromatic N) is 1. The number of benzene rings is 1. The third kappa shape index (κ3) is 3.87. The first kappa shape index (κ1) is 15.2. The fourth-order valence-electron chi connectivity index (χ4n) is 1.97. The zero-order chi connectivity index (χ0) is 15.5. The van der Waals surface area contributed by atoms with Gasteiger partial charge in [-0.2, -0.15) is 13.2 Å². The number of alkyl halides is 3. The second kappa shape index (κ2) is 6.03. The van der Waals surface area contributed by atoms with Gasteiger partial charge < -0.3 is 9.88 Å². The van der Waals surface area contributed by atoms with Gasteiger partial charge in [0.2, 0.25) is 0 Å². The summed E-state index contributed by atoms with van der Waals surface area (Å²) in [6.07, 6.45) is -2.07. The molecule has 0 atom stereocenters. The van der Waals surface area contributed by atoms with Crippen LogP contribution in [0.1, 0.15) is 21.6 Å². The molecule has 0 spiro atoms. The van der Waals surface area contributed by atoms with Crippen molar-refractivity contribution in [2.75, 3.05) is 6.54 Å². The molecule has 2 rings (SSSR count). The molecule has 6 heteroatoms. The number of halogens is 3. The van der Waals surface area contributed by atoms with Gasteiger partial charge in [-0.1, -0.05) is 12.1 Å². The lowest BCUT2D eigenvalue weighted by molar-refractivity contribution is -0.137. The molecule has 3 nitrogen and oxygen atoms in total. The normalized spacial score (nSPS) is 11.4. The van der Waals surface area contributed by atoms with E-state index in [0.717, 1.165) is 17.7 Å². The Kier molecular flexibility index (Phi) is 4.35. The van der Waals surface area contributed by atoms with Gasteiger partial charge in [-0.25, -0.2) is 0 Å². The van der Waals surface area contributed by atoms with Crippen LogP contribution in [0.5, 0.6) is 0 Å².